The summed E-state index contributed by atoms with van der Waals surface area (Å²) in [7, 11) is 0. The van der Waals surface area contributed by atoms with E-state index in [1.165, 1.54) is 0 Å². The van der Waals surface area contributed by atoms with Crippen LogP contribution >= 0.6 is 0 Å². The van der Waals surface area contributed by atoms with E-state index < -0.39 is 11.9 Å². The van der Waals surface area contributed by atoms with Crippen molar-refractivity contribution in [2.45, 2.75) is 0 Å². The number of aromatic amines is 1. The number of aliphatic carboxylic acids is 1. The molecule has 0 fully saturated rings. The number of nitrogens with one attached hydrogen (secondary N) is 3. The van der Waals surface area contributed by atoms with Crippen molar-refractivity contribution < 1.29 is 14.7 Å². The highest BCUT2D eigenvalue weighted by Crippen LogP contribution is 2.28. The first-order chi connectivity index (χ1) is 12.5. The second kappa shape index (κ2) is 6.85. The van der Waals surface area contributed by atoms with E-state index >= 15 is 0 Å². The third-order valence-electron chi connectivity index (χ3n) is 3.65. The first kappa shape index (κ1) is 16.8. The van der Waals surface area contributed by atoms with Crippen LogP contribution < -0.4 is 11.1 Å². The number of benzene rings is 2. The molecule has 130 valence electrons. The molecule has 9 nitrogen and oxygen atoms in total. The lowest BCUT2D eigenvalue weighted by Crippen LogP contribution is -2.21. The topological polar surface area (TPSA) is 157 Å². The zero-order chi connectivity index (χ0) is 18.7. The zero-order valence-corrected chi connectivity index (χ0v) is 13.4. The van der Waals surface area contributed by atoms with E-state index in [1.807, 2.05) is 0 Å². The quantitative estimate of drug-likeness (QED) is 0.274. The van der Waals surface area contributed by atoms with E-state index in [0.717, 1.165) is 17.2 Å². The monoisotopic (exact) mass is 350 g/mol. The highest BCUT2D eigenvalue weighted by atomic mass is 16.4. The molecule has 0 spiro atoms. The smallest absolute Gasteiger partial charge is 0.394 e. The summed E-state index contributed by atoms with van der Waals surface area (Å²) in [5.74, 6) is -2.48. The minimum Gasteiger partial charge on any atom is -0.474 e. The summed E-state index contributed by atoms with van der Waals surface area (Å²) in [5, 5.41) is 26.0. The van der Waals surface area contributed by atoms with Crippen LogP contribution in [0.1, 0.15) is 5.56 Å². The second-order valence-electron chi connectivity index (χ2n) is 5.32. The highest BCUT2D eigenvalue weighted by molar-refractivity contribution is 6.36. The van der Waals surface area contributed by atoms with E-state index in [-0.39, 0.29) is 5.84 Å². The fourth-order valence-corrected chi connectivity index (χ4v) is 2.47. The molecule has 1 aromatic heterocycles. The zero-order valence-electron chi connectivity index (χ0n) is 13.4. The number of amidine groups is 1. The number of nitrogens with zero attached hydrogens (tertiary/aromatic N) is 2. The van der Waals surface area contributed by atoms with Crippen LogP contribution in [-0.2, 0) is 9.59 Å². The van der Waals surface area contributed by atoms with Crippen LogP contribution in [0.15, 0.2) is 47.5 Å². The Bertz CT molecular complexity index is 1050. The van der Waals surface area contributed by atoms with Crippen molar-refractivity contribution in [2.24, 2.45) is 10.7 Å². The molecular formula is C17H14N6O3. The van der Waals surface area contributed by atoms with Crippen LogP contribution in [0.5, 0.6) is 0 Å². The number of amides is 1. The number of hydrogen-bond donors (Lipinski definition) is 5. The predicted molar refractivity (Wildman–Crippen MR) is 97.3 cm³/mol. The van der Waals surface area contributed by atoms with Gasteiger partial charge in [-0.25, -0.2) is 9.79 Å². The van der Waals surface area contributed by atoms with E-state index in [1.54, 1.807) is 42.5 Å². The summed E-state index contributed by atoms with van der Waals surface area (Å²) in [6.45, 7) is 0. The van der Waals surface area contributed by atoms with Crippen molar-refractivity contribution in [3.8, 4) is 11.3 Å². The van der Waals surface area contributed by atoms with Crippen LogP contribution in [0.4, 0.5) is 5.69 Å². The molecule has 6 N–H and O–H groups in total. The normalized spacial score (nSPS) is 11.3. The highest BCUT2D eigenvalue weighted by Gasteiger charge is 2.13. The van der Waals surface area contributed by atoms with E-state index in [2.05, 4.69) is 20.5 Å². The largest absolute Gasteiger partial charge is 0.474 e. The van der Waals surface area contributed by atoms with Gasteiger partial charge in [0.25, 0.3) is 0 Å². The molecule has 1 heterocycles. The molecular weight excluding hydrogens is 336 g/mol. The number of H-pyrrole nitrogens is 1. The van der Waals surface area contributed by atoms with Crippen molar-refractivity contribution >= 4 is 40.6 Å². The van der Waals surface area contributed by atoms with Gasteiger partial charge in [-0.05, 0) is 30.3 Å². The number of carbonyl (C=O) groups is 2. The minimum atomic E-state index is -1.56. The lowest BCUT2D eigenvalue weighted by molar-refractivity contribution is -0.147. The Morgan fingerprint density at radius 2 is 2.08 bits per heavy atom. The second-order valence-corrected chi connectivity index (χ2v) is 5.32. The molecule has 0 unspecified atom stereocenters. The molecule has 0 radical (unpaired) electrons. The summed E-state index contributed by atoms with van der Waals surface area (Å²) in [6.07, 6.45) is 0.865. The number of aromatic nitrogens is 2. The van der Waals surface area contributed by atoms with Crippen molar-refractivity contribution in [2.75, 3.05) is 5.32 Å². The molecule has 1 amide bonds. The van der Waals surface area contributed by atoms with Gasteiger partial charge in [0, 0.05) is 22.2 Å². The van der Waals surface area contributed by atoms with Gasteiger partial charge >= 0.3 is 11.9 Å². The van der Waals surface area contributed by atoms with Gasteiger partial charge in [0.15, 0.2) is 0 Å². The molecule has 0 aliphatic carbocycles. The third kappa shape index (κ3) is 3.26. The lowest BCUT2D eigenvalue weighted by Gasteiger charge is -2.05. The summed E-state index contributed by atoms with van der Waals surface area (Å²) >= 11 is 0. The number of hydrogen-bond acceptors (Lipinski definition) is 4. The van der Waals surface area contributed by atoms with Crippen molar-refractivity contribution in [1.82, 2.24) is 10.2 Å². The Kier molecular flexibility index (Phi) is 4.44. The van der Waals surface area contributed by atoms with Gasteiger partial charge in [-0.3, -0.25) is 15.3 Å². The van der Waals surface area contributed by atoms with Gasteiger partial charge in [0.05, 0.1) is 11.2 Å². The number of fused-ring (bicyclic) bond motifs is 1. The fraction of sp³-hybridized carbons (Fsp3) is 0. The van der Waals surface area contributed by atoms with Crippen molar-refractivity contribution in [3.05, 3.63) is 48.0 Å². The Balaban J connectivity index is 2.04. The number of aliphatic imine (C=N–C) groups is 1. The van der Waals surface area contributed by atoms with Gasteiger partial charge in [0.2, 0.25) is 0 Å². The van der Waals surface area contributed by atoms with E-state index in [0.29, 0.717) is 22.5 Å². The molecule has 0 bridgehead atoms. The van der Waals surface area contributed by atoms with Crippen LogP contribution in [0.3, 0.4) is 0 Å². The molecule has 3 aromatic rings. The van der Waals surface area contributed by atoms with Gasteiger partial charge in [-0.1, -0.05) is 12.1 Å². The first-order valence-electron chi connectivity index (χ1n) is 7.45. The van der Waals surface area contributed by atoms with Crippen LogP contribution in [-0.4, -0.2) is 39.4 Å². The molecule has 26 heavy (non-hydrogen) atoms. The number of nitrogens with two attached hydrogens (primary N) is 1. The van der Waals surface area contributed by atoms with Crippen LogP contribution in [0, 0.1) is 5.41 Å². The molecule has 0 saturated heterocycles. The average Bonchev–Trinajstić information content (AvgIpc) is 3.05. The van der Waals surface area contributed by atoms with Gasteiger partial charge in [-0.2, -0.15) is 5.10 Å². The molecule has 2 aromatic carbocycles. The predicted octanol–water partition coefficient (Wildman–Crippen LogP) is 1.57. The molecule has 0 saturated carbocycles. The van der Waals surface area contributed by atoms with Gasteiger partial charge < -0.3 is 16.2 Å². The minimum absolute atomic E-state index is 0.205. The van der Waals surface area contributed by atoms with Crippen LogP contribution in [0.2, 0.25) is 0 Å². The maximum absolute atomic E-state index is 11.3. The SMILES string of the molecule is N=CN=C(N)c1ccc2[nH]nc(-c3cccc(NC(=O)C(=O)O)c3)c2c1. The summed E-state index contributed by atoms with van der Waals surface area (Å²) < 4.78 is 0. The Hall–Kier alpha value is -4.01. The summed E-state index contributed by atoms with van der Waals surface area (Å²) in [6, 6.07) is 12.0. The molecule has 0 aliphatic heterocycles. The molecule has 3 rings (SSSR count). The standard InChI is InChI=1S/C17H14N6O3/c18-8-20-15(19)10-4-5-13-12(7-10)14(23-22-13)9-2-1-3-11(6-9)21-16(24)17(25)26/h1-8H,(H,21,24)(H,22,23)(H,25,26)(H3,18,19,20). The Labute approximate surface area is 147 Å². The molecule has 0 atom stereocenters. The number of rotatable bonds is 4. The maximum atomic E-state index is 11.3. The number of anilines is 1. The van der Waals surface area contributed by atoms with Gasteiger partial charge in [0.1, 0.15) is 12.2 Å². The molecule has 0 aliphatic rings. The third-order valence-corrected chi connectivity index (χ3v) is 3.65. The summed E-state index contributed by atoms with van der Waals surface area (Å²) in [5.41, 5.74) is 8.86. The summed E-state index contributed by atoms with van der Waals surface area (Å²) in [4.78, 5) is 25.8. The first-order valence-corrected chi connectivity index (χ1v) is 7.45. The van der Waals surface area contributed by atoms with Crippen molar-refractivity contribution in [3.63, 3.8) is 0 Å². The Morgan fingerprint density at radius 3 is 2.81 bits per heavy atom. The fourth-order valence-electron chi connectivity index (χ4n) is 2.47. The number of carbonyl (C=O) groups excluding carboxylic acids is 1. The lowest BCUT2D eigenvalue weighted by atomic mass is 10.0. The van der Waals surface area contributed by atoms with Crippen LogP contribution in [0.25, 0.3) is 22.2 Å². The number of carboxylic acid groups (broad SMARTS) is 1. The van der Waals surface area contributed by atoms with E-state index in [9.17, 15) is 9.59 Å². The van der Waals surface area contributed by atoms with Crippen molar-refractivity contribution in [1.29, 1.82) is 5.41 Å². The van der Waals surface area contributed by atoms with E-state index in [4.69, 9.17) is 16.2 Å². The number of carboxylic acids is 1. The Morgan fingerprint density at radius 1 is 1.27 bits per heavy atom. The maximum Gasteiger partial charge on any atom is 0.394 e. The molecule has 9 heteroatoms. The average molecular weight is 350 g/mol. The van der Waals surface area contributed by atoms with Gasteiger partial charge in [-0.15, -0.1) is 0 Å².